The number of rotatable bonds is 7. The van der Waals surface area contributed by atoms with Gasteiger partial charge in [-0.25, -0.2) is 4.79 Å². The predicted molar refractivity (Wildman–Crippen MR) is 123 cm³/mol. The van der Waals surface area contributed by atoms with E-state index < -0.39 is 53.5 Å². The number of amides is 1. The van der Waals surface area contributed by atoms with Crippen LogP contribution < -0.4 is 14.8 Å². The number of carbonyl (C=O) groups is 3. The van der Waals surface area contributed by atoms with Gasteiger partial charge in [-0.05, 0) is 51.1 Å². The monoisotopic (exact) mass is 502 g/mol. The van der Waals surface area contributed by atoms with Crippen molar-refractivity contribution in [3.05, 3.63) is 35.1 Å². The summed E-state index contributed by atoms with van der Waals surface area (Å²) in [4.78, 5) is 38.4. The number of carboxylic acids is 1. The highest BCUT2D eigenvalue weighted by molar-refractivity contribution is 5.88. The first-order valence-corrected chi connectivity index (χ1v) is 11.9. The van der Waals surface area contributed by atoms with E-state index in [1.807, 2.05) is 19.2 Å². The summed E-state index contributed by atoms with van der Waals surface area (Å²) in [6.07, 6.45) is 0.176. The number of methoxy groups -OCH3 is 1. The van der Waals surface area contributed by atoms with Crippen LogP contribution in [-0.4, -0.2) is 88.7 Å². The predicted octanol–water partition coefficient (Wildman–Crippen LogP) is -0.144. The highest BCUT2D eigenvalue weighted by Gasteiger charge is 2.72. The first kappa shape index (κ1) is 24.5. The van der Waals surface area contributed by atoms with Crippen LogP contribution in [0.15, 0.2) is 24.0 Å². The van der Waals surface area contributed by atoms with Gasteiger partial charge in [0.15, 0.2) is 17.6 Å². The summed E-state index contributed by atoms with van der Waals surface area (Å²) in [5.74, 6) is -1.98. The first-order chi connectivity index (χ1) is 17.0. The van der Waals surface area contributed by atoms with E-state index in [0.717, 1.165) is 11.1 Å². The highest BCUT2D eigenvalue weighted by Crippen LogP contribution is 2.65. The average molecular weight is 503 g/mol. The van der Waals surface area contributed by atoms with Gasteiger partial charge in [-0.3, -0.25) is 9.59 Å². The fourth-order valence-corrected chi connectivity index (χ4v) is 6.42. The van der Waals surface area contributed by atoms with Crippen molar-refractivity contribution in [2.45, 2.75) is 67.9 Å². The Bertz CT molecular complexity index is 1160. The van der Waals surface area contributed by atoms with E-state index >= 15 is 0 Å². The Balaban J connectivity index is 1.48. The Labute approximate surface area is 207 Å². The van der Waals surface area contributed by atoms with Crippen LogP contribution in [0.25, 0.3) is 0 Å². The van der Waals surface area contributed by atoms with Crippen LogP contribution in [0.2, 0.25) is 0 Å². The second kappa shape index (κ2) is 8.46. The van der Waals surface area contributed by atoms with E-state index in [9.17, 15) is 29.7 Å². The number of likely N-dealkylation sites (N-methyl/N-ethyl adjacent to an activating group) is 1. The molecule has 2 bridgehead atoms. The molecule has 1 aromatic rings. The summed E-state index contributed by atoms with van der Waals surface area (Å²) < 4.78 is 17.6. The maximum Gasteiger partial charge on any atom is 0.326 e. The standard InChI is InChI=1S/C25H30N2O9/c1-12(28)22(30)26-14(23(31)32)11-18(29)35-16-6-7-25(33)17-10-13-4-5-15(34-3)20-19(13)24(25,21(16)36-20)8-9-27(17)2/h4-6,12,14,17,21,28,33H,7-11H2,1-3H3,(H,26,30)(H,31,32)/t12-,14-,17+,21-,24-,25+/m0/s1. The number of nitrogens with one attached hydrogen (secondary N) is 1. The Morgan fingerprint density at radius 3 is 2.75 bits per heavy atom. The average Bonchev–Trinajstić information content (AvgIpc) is 3.18. The third-order valence-electron chi connectivity index (χ3n) is 8.15. The van der Waals surface area contributed by atoms with Gasteiger partial charge in [0, 0.05) is 18.0 Å². The van der Waals surface area contributed by atoms with Crippen LogP contribution in [0.1, 0.15) is 37.3 Å². The van der Waals surface area contributed by atoms with E-state index in [2.05, 4.69) is 10.2 Å². The number of aliphatic hydroxyl groups is 2. The summed E-state index contributed by atoms with van der Waals surface area (Å²) in [6, 6.07) is 2.09. The Hall–Kier alpha value is -3.15. The van der Waals surface area contributed by atoms with Crippen LogP contribution in [0.3, 0.4) is 0 Å². The van der Waals surface area contributed by atoms with Crippen molar-refractivity contribution in [1.82, 2.24) is 10.2 Å². The molecule has 11 heteroatoms. The Kier molecular flexibility index (Phi) is 5.77. The van der Waals surface area contributed by atoms with Crippen LogP contribution in [-0.2, 0) is 31.0 Å². The maximum atomic E-state index is 12.8. The van der Waals surface area contributed by atoms with Gasteiger partial charge in [0.1, 0.15) is 17.9 Å². The fourth-order valence-electron chi connectivity index (χ4n) is 6.42. The van der Waals surface area contributed by atoms with Gasteiger partial charge in [0.05, 0.1) is 24.5 Å². The number of piperidine rings is 1. The quantitative estimate of drug-likeness (QED) is 0.370. The van der Waals surface area contributed by atoms with Crippen molar-refractivity contribution in [1.29, 1.82) is 0 Å². The molecule has 4 aliphatic rings. The third-order valence-corrected chi connectivity index (χ3v) is 8.15. The zero-order chi connectivity index (χ0) is 26.0. The van der Waals surface area contributed by atoms with Crippen molar-refractivity contribution in [2.75, 3.05) is 20.7 Å². The van der Waals surface area contributed by atoms with Gasteiger partial charge in [-0.1, -0.05) is 6.07 Å². The van der Waals surface area contributed by atoms with Crippen LogP contribution in [0.4, 0.5) is 0 Å². The summed E-state index contributed by atoms with van der Waals surface area (Å²) in [5.41, 5.74) is -0.0968. The molecule has 5 rings (SSSR count). The molecule has 1 saturated heterocycles. The van der Waals surface area contributed by atoms with Gasteiger partial charge >= 0.3 is 11.9 Å². The van der Waals surface area contributed by atoms with Gasteiger partial charge in [-0.15, -0.1) is 0 Å². The zero-order valence-corrected chi connectivity index (χ0v) is 20.3. The number of carbonyl (C=O) groups excluding carboxylic acids is 2. The van der Waals surface area contributed by atoms with Crippen LogP contribution in [0, 0.1) is 0 Å². The van der Waals surface area contributed by atoms with E-state index in [-0.39, 0.29) is 18.2 Å². The van der Waals surface area contributed by atoms with Gasteiger partial charge in [0.25, 0.3) is 0 Å². The number of carboxylic acid groups (broad SMARTS) is 1. The maximum absolute atomic E-state index is 12.8. The summed E-state index contributed by atoms with van der Waals surface area (Å²) in [5, 5.41) is 33.1. The highest BCUT2D eigenvalue weighted by atomic mass is 16.6. The van der Waals surface area contributed by atoms with Crippen molar-refractivity contribution in [2.24, 2.45) is 0 Å². The lowest BCUT2D eigenvalue weighted by atomic mass is 9.50. The molecule has 0 unspecified atom stereocenters. The molecule has 6 atom stereocenters. The molecule has 1 fully saturated rings. The lowest BCUT2D eigenvalue weighted by Gasteiger charge is -2.61. The molecule has 0 radical (unpaired) electrons. The number of ether oxygens (including phenoxy) is 3. The normalized spacial score (nSPS) is 31.3. The van der Waals surface area contributed by atoms with E-state index in [4.69, 9.17) is 14.2 Å². The number of hydrogen-bond acceptors (Lipinski definition) is 9. The van der Waals surface area contributed by atoms with Crippen LogP contribution in [0.5, 0.6) is 11.5 Å². The summed E-state index contributed by atoms with van der Waals surface area (Å²) in [7, 11) is 3.53. The number of nitrogens with zero attached hydrogens (tertiary/aromatic N) is 1. The van der Waals surface area contributed by atoms with E-state index in [1.54, 1.807) is 6.08 Å². The molecule has 2 heterocycles. The van der Waals surface area contributed by atoms with Crippen molar-refractivity contribution >= 4 is 17.8 Å². The number of aliphatic hydroxyl groups excluding tert-OH is 1. The molecule has 4 N–H and O–H groups in total. The molecule has 0 saturated carbocycles. The molecule has 2 aliphatic heterocycles. The minimum atomic E-state index is -1.57. The molecule has 36 heavy (non-hydrogen) atoms. The molecule has 2 aliphatic carbocycles. The number of esters is 1. The molecule has 1 aromatic carbocycles. The van der Waals surface area contributed by atoms with Crippen LogP contribution >= 0.6 is 0 Å². The summed E-state index contributed by atoms with van der Waals surface area (Å²) in [6.45, 7) is 1.90. The Morgan fingerprint density at radius 2 is 2.08 bits per heavy atom. The Morgan fingerprint density at radius 1 is 1.33 bits per heavy atom. The lowest BCUT2D eigenvalue weighted by molar-refractivity contribution is -0.169. The van der Waals surface area contributed by atoms with Crippen molar-refractivity contribution < 1.29 is 43.9 Å². The van der Waals surface area contributed by atoms with Gasteiger partial charge in [0.2, 0.25) is 5.91 Å². The van der Waals surface area contributed by atoms with E-state index in [0.29, 0.717) is 30.9 Å². The molecule has 11 nitrogen and oxygen atoms in total. The third kappa shape index (κ3) is 3.33. The second-order valence-electron chi connectivity index (χ2n) is 10.0. The number of aliphatic carboxylic acids is 1. The number of benzene rings is 1. The minimum Gasteiger partial charge on any atom is -0.493 e. The smallest absolute Gasteiger partial charge is 0.326 e. The number of likely N-dealkylation sites (tertiary alicyclic amines) is 1. The SMILES string of the molecule is COc1ccc2c3c1O[C@H]1C(OC(=O)C[C@H](NC(=O)[C@H](C)O)C(=O)O)=CC[C@@]4(O)[C@@H](C2)N(C)CC[C@]314. The fraction of sp³-hybridized carbons (Fsp3) is 0.560. The molecule has 1 amide bonds. The molecular formula is C25H30N2O9. The molecule has 0 aromatic heterocycles. The second-order valence-corrected chi connectivity index (χ2v) is 10.0. The lowest BCUT2D eigenvalue weighted by Crippen LogP contribution is -2.74. The topological polar surface area (TPSA) is 155 Å². The largest absolute Gasteiger partial charge is 0.493 e. The van der Waals surface area contributed by atoms with Gasteiger partial charge < -0.3 is 39.7 Å². The molecule has 194 valence electrons. The summed E-state index contributed by atoms with van der Waals surface area (Å²) >= 11 is 0. The molecule has 1 spiro atoms. The van der Waals surface area contributed by atoms with E-state index in [1.165, 1.54) is 14.0 Å². The van der Waals surface area contributed by atoms with Crippen molar-refractivity contribution in [3.8, 4) is 11.5 Å². The zero-order valence-electron chi connectivity index (χ0n) is 20.3. The molecular weight excluding hydrogens is 472 g/mol. The van der Waals surface area contributed by atoms with Gasteiger partial charge in [-0.2, -0.15) is 0 Å². The minimum absolute atomic E-state index is 0.162. The first-order valence-electron chi connectivity index (χ1n) is 11.9. The number of hydrogen-bond donors (Lipinski definition) is 4. The van der Waals surface area contributed by atoms with Crippen molar-refractivity contribution in [3.63, 3.8) is 0 Å².